The highest BCUT2D eigenvalue weighted by molar-refractivity contribution is 6.04. The van der Waals surface area contributed by atoms with Crippen LogP contribution in [0.3, 0.4) is 0 Å². The average Bonchev–Trinajstić information content (AvgIpc) is 2.63. The molecular formula is C12H13N3O2. The van der Waals surface area contributed by atoms with E-state index in [0.717, 1.165) is 11.3 Å². The number of nitrogens with zero attached hydrogens (tertiary/aromatic N) is 1. The zero-order valence-electron chi connectivity index (χ0n) is 9.61. The zero-order valence-corrected chi connectivity index (χ0v) is 9.61. The summed E-state index contributed by atoms with van der Waals surface area (Å²) in [6.07, 6.45) is 0. The van der Waals surface area contributed by atoms with Crippen LogP contribution in [-0.4, -0.2) is 21.2 Å². The van der Waals surface area contributed by atoms with Gasteiger partial charge in [0.15, 0.2) is 5.82 Å². The molecule has 2 aromatic rings. The van der Waals surface area contributed by atoms with E-state index in [2.05, 4.69) is 15.5 Å². The number of phenolic OH excluding ortho intramolecular Hbond substituents is 1. The number of carbonyl (C=O) groups excluding carboxylic acids is 1. The van der Waals surface area contributed by atoms with Gasteiger partial charge in [-0.1, -0.05) is 0 Å². The number of rotatable bonds is 2. The maximum atomic E-state index is 11.9. The van der Waals surface area contributed by atoms with Gasteiger partial charge in [-0.3, -0.25) is 9.89 Å². The van der Waals surface area contributed by atoms with E-state index in [1.807, 2.05) is 6.92 Å². The van der Waals surface area contributed by atoms with Crippen molar-refractivity contribution in [1.82, 2.24) is 10.2 Å². The summed E-state index contributed by atoms with van der Waals surface area (Å²) in [5.74, 6) is 0.392. The Bertz CT molecular complexity index is 561. The van der Waals surface area contributed by atoms with Crippen LogP contribution in [0.5, 0.6) is 5.75 Å². The Balaban J connectivity index is 2.20. The summed E-state index contributed by atoms with van der Waals surface area (Å²) in [6.45, 7) is 3.62. The van der Waals surface area contributed by atoms with Gasteiger partial charge < -0.3 is 10.4 Å². The second kappa shape index (κ2) is 4.29. The van der Waals surface area contributed by atoms with Crippen LogP contribution < -0.4 is 5.32 Å². The van der Waals surface area contributed by atoms with Crippen molar-refractivity contribution in [3.8, 4) is 5.75 Å². The predicted octanol–water partition coefficient (Wildman–Crippen LogP) is 1.98. The first kappa shape index (κ1) is 11.2. The summed E-state index contributed by atoms with van der Waals surface area (Å²) in [5.41, 5.74) is 2.11. The molecule has 0 saturated carbocycles. The van der Waals surface area contributed by atoms with Gasteiger partial charge in [-0.15, -0.1) is 0 Å². The third-order valence-corrected chi connectivity index (χ3v) is 2.40. The topological polar surface area (TPSA) is 78.0 Å². The van der Waals surface area contributed by atoms with Crippen molar-refractivity contribution in [2.45, 2.75) is 13.8 Å². The van der Waals surface area contributed by atoms with E-state index in [4.69, 9.17) is 0 Å². The Hall–Kier alpha value is -2.30. The molecule has 5 nitrogen and oxygen atoms in total. The van der Waals surface area contributed by atoms with Crippen LogP contribution in [0.4, 0.5) is 5.82 Å². The number of anilines is 1. The molecule has 88 valence electrons. The molecule has 1 aromatic heterocycles. The number of aromatic nitrogens is 2. The summed E-state index contributed by atoms with van der Waals surface area (Å²) in [5, 5.41) is 18.6. The summed E-state index contributed by atoms with van der Waals surface area (Å²) >= 11 is 0. The van der Waals surface area contributed by atoms with Gasteiger partial charge in [0.05, 0.1) is 0 Å². The molecule has 0 saturated heterocycles. The third-order valence-electron chi connectivity index (χ3n) is 2.40. The SMILES string of the molecule is Cc1cc(NC(=O)c2ccc(O)cc2C)n[nH]1. The number of nitrogens with one attached hydrogen (secondary N) is 2. The number of H-pyrrole nitrogens is 1. The van der Waals surface area contributed by atoms with Crippen LogP contribution in [-0.2, 0) is 0 Å². The fourth-order valence-electron chi connectivity index (χ4n) is 1.57. The highest BCUT2D eigenvalue weighted by atomic mass is 16.3. The van der Waals surface area contributed by atoms with Crippen LogP contribution in [0.1, 0.15) is 21.6 Å². The van der Waals surface area contributed by atoms with Gasteiger partial charge in [-0.25, -0.2) is 0 Å². The average molecular weight is 231 g/mol. The number of carbonyl (C=O) groups is 1. The second-order valence-electron chi connectivity index (χ2n) is 3.89. The van der Waals surface area contributed by atoms with Gasteiger partial charge in [0.25, 0.3) is 5.91 Å². The molecule has 0 aliphatic carbocycles. The van der Waals surface area contributed by atoms with Gasteiger partial charge in [0.2, 0.25) is 0 Å². The first-order valence-electron chi connectivity index (χ1n) is 5.19. The van der Waals surface area contributed by atoms with E-state index >= 15 is 0 Å². The standard InChI is InChI=1S/C12H13N3O2/c1-7-5-9(16)3-4-10(7)12(17)13-11-6-8(2)14-15-11/h3-6,16H,1-2H3,(H2,13,14,15,17). The van der Waals surface area contributed by atoms with Crippen molar-refractivity contribution in [3.63, 3.8) is 0 Å². The van der Waals surface area contributed by atoms with Crippen LogP contribution >= 0.6 is 0 Å². The molecule has 1 heterocycles. The Morgan fingerprint density at radius 2 is 2.12 bits per heavy atom. The summed E-state index contributed by atoms with van der Waals surface area (Å²) in [6, 6.07) is 6.36. The molecule has 0 spiro atoms. The molecule has 3 N–H and O–H groups in total. The van der Waals surface area contributed by atoms with Crippen LogP contribution in [0.25, 0.3) is 0 Å². The van der Waals surface area contributed by atoms with Gasteiger partial charge in [-0.2, -0.15) is 5.10 Å². The number of aromatic amines is 1. The maximum absolute atomic E-state index is 11.9. The minimum absolute atomic E-state index is 0.148. The van der Waals surface area contributed by atoms with Gasteiger partial charge in [0, 0.05) is 17.3 Å². The minimum atomic E-state index is -0.242. The monoisotopic (exact) mass is 231 g/mol. The smallest absolute Gasteiger partial charge is 0.257 e. The lowest BCUT2D eigenvalue weighted by Crippen LogP contribution is -2.13. The zero-order chi connectivity index (χ0) is 12.4. The fraction of sp³-hybridized carbons (Fsp3) is 0.167. The predicted molar refractivity (Wildman–Crippen MR) is 64.1 cm³/mol. The van der Waals surface area contributed by atoms with Crippen molar-refractivity contribution in [3.05, 3.63) is 41.1 Å². The highest BCUT2D eigenvalue weighted by Crippen LogP contribution is 2.17. The number of benzene rings is 1. The molecule has 17 heavy (non-hydrogen) atoms. The van der Waals surface area contributed by atoms with E-state index in [1.165, 1.54) is 6.07 Å². The number of amides is 1. The second-order valence-corrected chi connectivity index (χ2v) is 3.89. The molecule has 5 heteroatoms. The molecule has 2 rings (SSSR count). The Kier molecular flexibility index (Phi) is 2.82. The molecule has 1 aromatic carbocycles. The molecule has 0 aliphatic rings. The molecule has 0 unspecified atom stereocenters. The lowest BCUT2D eigenvalue weighted by molar-refractivity contribution is 0.102. The molecular weight excluding hydrogens is 218 g/mol. The van der Waals surface area contributed by atoms with Crippen LogP contribution in [0.2, 0.25) is 0 Å². The summed E-state index contributed by atoms with van der Waals surface area (Å²) < 4.78 is 0. The molecule has 0 fully saturated rings. The first-order valence-corrected chi connectivity index (χ1v) is 5.19. The fourth-order valence-corrected chi connectivity index (χ4v) is 1.57. The number of hydrogen-bond donors (Lipinski definition) is 3. The molecule has 0 atom stereocenters. The Morgan fingerprint density at radius 1 is 1.35 bits per heavy atom. The minimum Gasteiger partial charge on any atom is -0.508 e. The molecule has 0 bridgehead atoms. The summed E-state index contributed by atoms with van der Waals surface area (Å²) in [4.78, 5) is 11.9. The van der Waals surface area contributed by atoms with Crippen molar-refractivity contribution in [2.24, 2.45) is 0 Å². The lowest BCUT2D eigenvalue weighted by Gasteiger charge is -2.05. The Morgan fingerprint density at radius 3 is 2.71 bits per heavy atom. The first-order chi connectivity index (χ1) is 8.06. The van der Waals surface area contributed by atoms with Crippen LogP contribution in [0, 0.1) is 13.8 Å². The van der Waals surface area contributed by atoms with Gasteiger partial charge in [-0.05, 0) is 37.6 Å². The molecule has 1 amide bonds. The van der Waals surface area contributed by atoms with Gasteiger partial charge in [0.1, 0.15) is 5.75 Å². The van der Waals surface area contributed by atoms with E-state index in [0.29, 0.717) is 11.4 Å². The number of aromatic hydroxyl groups is 1. The van der Waals surface area contributed by atoms with E-state index in [9.17, 15) is 9.90 Å². The molecule has 0 aliphatic heterocycles. The molecule has 0 radical (unpaired) electrons. The highest BCUT2D eigenvalue weighted by Gasteiger charge is 2.10. The van der Waals surface area contributed by atoms with Crippen molar-refractivity contribution in [2.75, 3.05) is 5.32 Å². The van der Waals surface area contributed by atoms with Crippen molar-refractivity contribution in [1.29, 1.82) is 0 Å². The van der Waals surface area contributed by atoms with Crippen molar-refractivity contribution < 1.29 is 9.90 Å². The number of hydrogen-bond acceptors (Lipinski definition) is 3. The largest absolute Gasteiger partial charge is 0.508 e. The van der Waals surface area contributed by atoms with Crippen LogP contribution in [0.15, 0.2) is 24.3 Å². The third kappa shape index (κ3) is 2.44. The van der Waals surface area contributed by atoms with Gasteiger partial charge >= 0.3 is 0 Å². The lowest BCUT2D eigenvalue weighted by atomic mass is 10.1. The van der Waals surface area contributed by atoms with E-state index < -0.39 is 0 Å². The number of aryl methyl sites for hydroxylation is 2. The normalized spacial score (nSPS) is 10.2. The van der Waals surface area contributed by atoms with E-state index in [1.54, 1.807) is 25.1 Å². The maximum Gasteiger partial charge on any atom is 0.257 e. The summed E-state index contributed by atoms with van der Waals surface area (Å²) in [7, 11) is 0. The Labute approximate surface area is 98.5 Å². The van der Waals surface area contributed by atoms with Crippen molar-refractivity contribution >= 4 is 11.7 Å². The number of phenols is 1. The quantitative estimate of drug-likeness (QED) is 0.739. The van der Waals surface area contributed by atoms with E-state index in [-0.39, 0.29) is 11.7 Å².